The lowest BCUT2D eigenvalue weighted by Gasteiger charge is -2.48. The van der Waals surface area contributed by atoms with E-state index in [1.165, 1.54) is 7.11 Å². The summed E-state index contributed by atoms with van der Waals surface area (Å²) in [6, 6.07) is -0.727. The van der Waals surface area contributed by atoms with Crippen LogP contribution >= 0.6 is 0 Å². The van der Waals surface area contributed by atoms with Gasteiger partial charge < -0.3 is 23.4 Å². The van der Waals surface area contributed by atoms with Gasteiger partial charge >= 0.3 is 12.1 Å². The number of hydrogen-bond acceptors (Lipinski definition) is 7. The lowest BCUT2D eigenvalue weighted by atomic mass is 9.83. The van der Waals surface area contributed by atoms with Gasteiger partial charge in [0.25, 0.3) is 0 Å². The normalized spacial score (nSPS) is 22.7. The smallest absolute Gasteiger partial charge is 0.411 e. The van der Waals surface area contributed by atoms with E-state index in [0.717, 1.165) is 12.8 Å². The maximum atomic E-state index is 13.6. The Kier molecular flexibility index (Phi) is 8.81. The van der Waals surface area contributed by atoms with Crippen molar-refractivity contribution < 1.29 is 33.0 Å². The molecule has 9 heteroatoms. The highest BCUT2D eigenvalue weighted by Gasteiger charge is 2.60. The third kappa shape index (κ3) is 6.05. The molecule has 0 aromatic rings. The van der Waals surface area contributed by atoms with Gasteiger partial charge in [0.15, 0.2) is 6.79 Å². The zero-order valence-electron chi connectivity index (χ0n) is 23.5. The van der Waals surface area contributed by atoms with Gasteiger partial charge in [0.2, 0.25) is 8.32 Å². The van der Waals surface area contributed by atoms with Gasteiger partial charge in [0.05, 0.1) is 24.5 Å². The summed E-state index contributed by atoms with van der Waals surface area (Å²) in [7, 11) is 0.584. The number of unbranched alkanes of at least 4 members (excludes halogenated alkanes) is 1. The van der Waals surface area contributed by atoms with Crippen LogP contribution in [0.5, 0.6) is 0 Å². The second-order valence-corrected chi connectivity index (χ2v) is 16.6. The average molecular weight is 512 g/mol. The third-order valence-corrected chi connectivity index (χ3v) is 11.4. The number of rotatable bonds is 9. The lowest BCUT2D eigenvalue weighted by molar-refractivity contribution is -0.137. The van der Waals surface area contributed by atoms with Gasteiger partial charge in [-0.05, 0) is 51.4 Å². The molecule has 2 atom stereocenters. The highest BCUT2D eigenvalue weighted by molar-refractivity contribution is 6.74. The fourth-order valence-electron chi connectivity index (χ4n) is 4.27. The molecule has 2 aliphatic heterocycles. The number of esters is 1. The molecule has 35 heavy (non-hydrogen) atoms. The van der Waals surface area contributed by atoms with Crippen LogP contribution in [0.1, 0.15) is 74.1 Å². The van der Waals surface area contributed by atoms with Crippen molar-refractivity contribution >= 4 is 20.4 Å². The van der Waals surface area contributed by atoms with Crippen LogP contribution in [0, 0.1) is 0 Å². The fraction of sp³-hybridized carbons (Fsp3) is 0.769. The molecule has 0 aromatic carbocycles. The number of nitrogens with zero attached hydrogens (tertiary/aromatic N) is 1. The zero-order chi connectivity index (χ0) is 26.8. The second kappa shape index (κ2) is 10.5. The molecular weight excluding hydrogens is 466 g/mol. The van der Waals surface area contributed by atoms with Crippen molar-refractivity contribution in [1.82, 2.24) is 4.90 Å². The van der Waals surface area contributed by atoms with E-state index in [1.54, 1.807) is 12.0 Å². The number of hydrogen-bond donors (Lipinski definition) is 0. The highest BCUT2D eigenvalue weighted by Crippen LogP contribution is 2.52. The predicted octanol–water partition coefficient (Wildman–Crippen LogP) is 5.89. The van der Waals surface area contributed by atoms with Gasteiger partial charge in [-0.2, -0.15) is 0 Å². The molecule has 2 bridgehead atoms. The predicted molar refractivity (Wildman–Crippen MR) is 137 cm³/mol. The molecule has 1 amide bonds. The molecule has 2 heterocycles. The first-order chi connectivity index (χ1) is 16.0. The van der Waals surface area contributed by atoms with Crippen LogP contribution in [0.15, 0.2) is 23.2 Å². The van der Waals surface area contributed by atoms with Crippen molar-refractivity contribution in [1.29, 1.82) is 0 Å². The van der Waals surface area contributed by atoms with Crippen LogP contribution in [0.2, 0.25) is 18.1 Å². The molecule has 0 spiro atoms. The van der Waals surface area contributed by atoms with E-state index in [-0.39, 0.29) is 11.8 Å². The van der Waals surface area contributed by atoms with E-state index >= 15 is 0 Å². The van der Waals surface area contributed by atoms with E-state index in [1.807, 2.05) is 26.8 Å². The van der Waals surface area contributed by atoms with Crippen molar-refractivity contribution in [3.63, 3.8) is 0 Å². The Bertz CT molecular complexity index is 866. The van der Waals surface area contributed by atoms with Crippen LogP contribution in [0.3, 0.4) is 0 Å². The third-order valence-electron chi connectivity index (χ3n) is 7.01. The molecular formula is C26H45NO7Si. The molecule has 200 valence electrons. The van der Waals surface area contributed by atoms with Gasteiger partial charge in [-0.3, -0.25) is 4.90 Å². The maximum absolute atomic E-state index is 13.6. The van der Waals surface area contributed by atoms with Gasteiger partial charge in [-0.1, -0.05) is 40.5 Å². The summed E-state index contributed by atoms with van der Waals surface area (Å²) >= 11 is 0. The summed E-state index contributed by atoms with van der Waals surface area (Å²) < 4.78 is 29.0. The fourth-order valence-corrected chi connectivity index (χ4v) is 5.38. The quantitative estimate of drug-likeness (QED) is 0.217. The van der Waals surface area contributed by atoms with Crippen molar-refractivity contribution in [2.45, 2.75) is 109 Å². The Morgan fingerprint density at radius 1 is 1.14 bits per heavy atom. The zero-order valence-corrected chi connectivity index (χ0v) is 24.5. The van der Waals surface area contributed by atoms with Crippen LogP contribution < -0.4 is 0 Å². The number of fused-ring (bicyclic) bond motifs is 2. The number of amides is 1. The van der Waals surface area contributed by atoms with Gasteiger partial charge in [-0.25, -0.2) is 9.59 Å². The minimum absolute atomic E-state index is 0.0283. The Labute approximate surface area is 212 Å². The molecule has 0 N–H and O–H groups in total. The monoisotopic (exact) mass is 511 g/mol. The highest BCUT2D eigenvalue weighted by atomic mass is 28.4. The first-order valence-corrected chi connectivity index (χ1v) is 15.3. The molecule has 0 saturated carbocycles. The summed E-state index contributed by atoms with van der Waals surface area (Å²) in [6.07, 6.45) is 4.03. The van der Waals surface area contributed by atoms with Gasteiger partial charge in [0.1, 0.15) is 16.9 Å². The number of carbonyl (C=O) groups is 2. The molecule has 0 saturated heterocycles. The van der Waals surface area contributed by atoms with Crippen LogP contribution in [0.25, 0.3) is 0 Å². The van der Waals surface area contributed by atoms with E-state index in [0.29, 0.717) is 29.9 Å². The van der Waals surface area contributed by atoms with Crippen molar-refractivity contribution in [2.24, 2.45) is 0 Å². The number of ether oxygens (including phenoxy) is 4. The Balaban J connectivity index is 2.74. The van der Waals surface area contributed by atoms with Gasteiger partial charge in [-0.15, -0.1) is 0 Å². The second-order valence-electron chi connectivity index (χ2n) is 11.9. The van der Waals surface area contributed by atoms with E-state index in [4.69, 9.17) is 23.4 Å². The Hall–Kier alpha value is -2.00. The van der Waals surface area contributed by atoms with Crippen molar-refractivity contribution in [2.75, 3.05) is 21.0 Å². The first-order valence-electron chi connectivity index (χ1n) is 12.4. The van der Waals surface area contributed by atoms with E-state index in [9.17, 15) is 9.59 Å². The van der Waals surface area contributed by atoms with Crippen molar-refractivity contribution in [3.05, 3.63) is 23.2 Å². The molecule has 0 aliphatic carbocycles. The molecule has 0 unspecified atom stereocenters. The minimum atomic E-state index is -2.31. The number of methoxy groups -OCH3 is 2. The maximum Gasteiger partial charge on any atom is 0.411 e. The van der Waals surface area contributed by atoms with E-state index < -0.39 is 37.6 Å². The topological polar surface area (TPSA) is 83.5 Å². The van der Waals surface area contributed by atoms with Gasteiger partial charge in [0, 0.05) is 13.5 Å². The molecule has 8 nitrogen and oxygen atoms in total. The Morgan fingerprint density at radius 2 is 1.77 bits per heavy atom. The standard InChI is InChI=1S/C26H45NO7Si/c1-12-13-14-26-16-19(34-35(10,11)25(5,6)7)21(22(28)31-9)18(15-20(26)32-17-30-8)27(26)23(29)33-24(2,3)4/h15,18H,12-14,16-17H2,1-11H3/t18-,26-/m0/s1. The summed E-state index contributed by atoms with van der Waals surface area (Å²) in [5.41, 5.74) is -1.23. The molecule has 0 fully saturated rings. The number of carbonyl (C=O) groups excluding carboxylic acids is 2. The molecule has 2 aliphatic rings. The summed E-state index contributed by atoms with van der Waals surface area (Å²) in [5.74, 6) is 0.654. The summed E-state index contributed by atoms with van der Waals surface area (Å²) in [4.78, 5) is 28.5. The van der Waals surface area contributed by atoms with Crippen LogP contribution in [-0.4, -0.2) is 63.5 Å². The average Bonchev–Trinajstić information content (AvgIpc) is 2.95. The minimum Gasteiger partial charge on any atom is -0.546 e. The first kappa shape index (κ1) is 29.2. The largest absolute Gasteiger partial charge is 0.546 e. The lowest BCUT2D eigenvalue weighted by Crippen LogP contribution is -2.59. The van der Waals surface area contributed by atoms with Crippen molar-refractivity contribution in [3.8, 4) is 0 Å². The molecule has 0 aromatic heterocycles. The molecule has 0 radical (unpaired) electrons. The van der Waals surface area contributed by atoms with Crippen LogP contribution in [-0.2, 0) is 28.2 Å². The molecule has 2 rings (SSSR count). The Morgan fingerprint density at radius 3 is 2.26 bits per heavy atom. The van der Waals surface area contributed by atoms with Crippen LogP contribution in [0.4, 0.5) is 4.79 Å². The summed E-state index contributed by atoms with van der Waals surface area (Å²) in [6.45, 7) is 18.4. The SMILES string of the molecule is CCCC[C@]12CC(O[Si](C)(C)C(C)(C)C)=C(C(=O)OC)[C@H](C=C1OCOC)N2C(=O)OC(C)(C)C. The van der Waals surface area contributed by atoms with E-state index in [2.05, 4.69) is 40.8 Å². The summed E-state index contributed by atoms with van der Waals surface area (Å²) in [5, 5.41) is -0.0814.